The highest BCUT2D eigenvalue weighted by Crippen LogP contribution is 2.57. The molecule has 2 bridgehead atoms. The Morgan fingerprint density at radius 3 is 2.25 bits per heavy atom. The summed E-state index contributed by atoms with van der Waals surface area (Å²) < 4.78 is 13.4. The number of fused-ring (bicyclic) bond motifs is 4. The Morgan fingerprint density at radius 1 is 0.929 bits per heavy atom. The third-order valence-electron chi connectivity index (χ3n) is 7.55. The summed E-state index contributed by atoms with van der Waals surface area (Å²) in [5, 5.41) is 3.00. The molecule has 3 saturated carbocycles. The zero-order chi connectivity index (χ0) is 19.4. The van der Waals surface area contributed by atoms with Gasteiger partial charge in [0.1, 0.15) is 5.82 Å². The number of rotatable bonds is 2. The molecule has 4 heteroatoms. The van der Waals surface area contributed by atoms with Crippen molar-refractivity contribution in [3.63, 3.8) is 0 Å². The van der Waals surface area contributed by atoms with E-state index in [2.05, 4.69) is 24.4 Å². The van der Waals surface area contributed by atoms with E-state index in [-0.39, 0.29) is 11.8 Å². The quantitative estimate of drug-likeness (QED) is 0.684. The first kappa shape index (κ1) is 17.7. The van der Waals surface area contributed by atoms with Gasteiger partial charge in [0, 0.05) is 18.8 Å². The van der Waals surface area contributed by atoms with E-state index in [1.54, 1.807) is 11.0 Å². The summed E-state index contributed by atoms with van der Waals surface area (Å²) in [7, 11) is 0. The van der Waals surface area contributed by atoms with Crippen LogP contribution in [0.3, 0.4) is 0 Å². The molecule has 1 aliphatic heterocycles. The molecule has 2 amide bonds. The van der Waals surface area contributed by atoms with E-state index in [1.165, 1.54) is 56.2 Å². The summed E-state index contributed by atoms with van der Waals surface area (Å²) in [6.45, 7) is 3.43. The lowest BCUT2D eigenvalue weighted by Gasteiger charge is -2.52. The van der Waals surface area contributed by atoms with Gasteiger partial charge in [-0.15, -0.1) is 0 Å². The van der Waals surface area contributed by atoms with Crippen LogP contribution >= 0.6 is 0 Å². The second-order valence-electron chi connectivity index (χ2n) is 9.37. The van der Waals surface area contributed by atoms with Gasteiger partial charge in [-0.05, 0) is 90.3 Å². The maximum atomic E-state index is 13.4. The first-order valence-electron chi connectivity index (χ1n) is 10.4. The fourth-order valence-electron chi connectivity index (χ4n) is 5.42. The first-order valence-corrected chi connectivity index (χ1v) is 10.4. The number of carbonyl (C=O) groups is 1. The monoisotopic (exact) mass is 378 g/mol. The van der Waals surface area contributed by atoms with Crippen LogP contribution in [0.15, 0.2) is 42.5 Å². The number of hydrogen-bond donors (Lipinski definition) is 1. The molecule has 146 valence electrons. The summed E-state index contributed by atoms with van der Waals surface area (Å²) in [5.41, 5.74) is 5.09. The third kappa shape index (κ3) is 2.99. The Morgan fingerprint density at radius 2 is 1.57 bits per heavy atom. The minimum atomic E-state index is -0.248. The van der Waals surface area contributed by atoms with Crippen molar-refractivity contribution in [3.8, 4) is 0 Å². The summed E-state index contributed by atoms with van der Waals surface area (Å²) in [5.74, 6) is -0.248. The van der Waals surface area contributed by atoms with Crippen molar-refractivity contribution < 1.29 is 9.18 Å². The maximum absolute atomic E-state index is 13.4. The number of nitrogens with zero attached hydrogens (tertiary/aromatic N) is 1. The van der Waals surface area contributed by atoms with E-state index in [0.717, 1.165) is 16.8 Å². The molecular weight excluding hydrogens is 351 g/mol. The van der Waals surface area contributed by atoms with E-state index in [0.29, 0.717) is 23.9 Å². The summed E-state index contributed by atoms with van der Waals surface area (Å²) in [6.07, 6.45) is 7.87. The molecule has 3 aliphatic carbocycles. The standard InChI is InChI=1S/C24H27FN2O/c1-23-8-11-24(12-9-23,13-10-23)19-3-6-21(7-4-19)26-22(28)27-15-17-2-5-20(25)14-18(17)16-27/h2-7,14H,8-13,15-16H2,1H3,(H,26,28). The predicted octanol–water partition coefficient (Wildman–Crippen LogP) is 5.99. The van der Waals surface area contributed by atoms with Gasteiger partial charge in [-0.3, -0.25) is 0 Å². The lowest BCUT2D eigenvalue weighted by molar-refractivity contribution is 0.0556. The summed E-state index contributed by atoms with van der Waals surface area (Å²) >= 11 is 0. The number of halogens is 1. The van der Waals surface area contributed by atoms with Gasteiger partial charge >= 0.3 is 6.03 Å². The molecule has 0 radical (unpaired) electrons. The van der Waals surface area contributed by atoms with Gasteiger partial charge in [-0.1, -0.05) is 25.1 Å². The Labute approximate surface area is 165 Å². The Hall–Kier alpha value is -2.36. The highest BCUT2D eigenvalue weighted by atomic mass is 19.1. The van der Waals surface area contributed by atoms with Crippen molar-refractivity contribution in [2.45, 2.75) is 64.0 Å². The van der Waals surface area contributed by atoms with E-state index in [1.807, 2.05) is 12.1 Å². The molecule has 3 fully saturated rings. The number of nitrogens with one attached hydrogen (secondary N) is 1. The van der Waals surface area contributed by atoms with Crippen LogP contribution < -0.4 is 5.32 Å². The zero-order valence-electron chi connectivity index (χ0n) is 16.4. The molecule has 0 atom stereocenters. The number of carbonyl (C=O) groups excluding carboxylic acids is 1. The molecule has 0 spiro atoms. The number of benzene rings is 2. The van der Waals surface area contributed by atoms with Crippen LogP contribution in [0, 0.1) is 11.2 Å². The van der Waals surface area contributed by atoms with Gasteiger partial charge in [0.25, 0.3) is 0 Å². The fraction of sp³-hybridized carbons (Fsp3) is 0.458. The second-order valence-corrected chi connectivity index (χ2v) is 9.37. The van der Waals surface area contributed by atoms with E-state index < -0.39 is 0 Å². The summed E-state index contributed by atoms with van der Waals surface area (Å²) in [4.78, 5) is 14.4. The molecule has 0 aromatic heterocycles. The Bertz CT molecular complexity index is 896. The molecule has 6 rings (SSSR count). The molecule has 3 nitrogen and oxygen atoms in total. The number of hydrogen-bond acceptors (Lipinski definition) is 1. The van der Waals surface area contributed by atoms with E-state index >= 15 is 0 Å². The minimum Gasteiger partial charge on any atom is -0.316 e. The lowest BCUT2D eigenvalue weighted by Crippen LogP contribution is -2.42. The highest BCUT2D eigenvalue weighted by Gasteiger charge is 2.46. The van der Waals surface area contributed by atoms with Crippen molar-refractivity contribution in [1.82, 2.24) is 4.90 Å². The predicted molar refractivity (Wildman–Crippen MR) is 109 cm³/mol. The topological polar surface area (TPSA) is 32.3 Å². The molecule has 0 saturated heterocycles. The van der Waals surface area contributed by atoms with Crippen molar-refractivity contribution in [2.24, 2.45) is 5.41 Å². The average Bonchev–Trinajstić information content (AvgIpc) is 3.13. The number of amides is 2. The van der Waals surface area contributed by atoms with Crippen LogP contribution in [0.2, 0.25) is 0 Å². The molecule has 4 aliphatic rings. The molecule has 1 N–H and O–H groups in total. The smallest absolute Gasteiger partial charge is 0.316 e. The van der Waals surface area contributed by atoms with Crippen molar-refractivity contribution in [3.05, 3.63) is 65.0 Å². The summed E-state index contributed by atoms with van der Waals surface area (Å²) in [6, 6.07) is 13.1. The molecular formula is C24H27FN2O. The molecule has 28 heavy (non-hydrogen) atoms. The SMILES string of the molecule is CC12CCC(c3ccc(NC(=O)N4Cc5ccc(F)cc5C4)cc3)(CC1)CC2. The van der Waals surface area contributed by atoms with Crippen LogP contribution in [0.4, 0.5) is 14.9 Å². The van der Waals surface area contributed by atoms with E-state index in [4.69, 9.17) is 0 Å². The van der Waals surface area contributed by atoms with Crippen LogP contribution in [0.1, 0.15) is 62.1 Å². The molecule has 2 aromatic rings. The largest absolute Gasteiger partial charge is 0.322 e. The van der Waals surface area contributed by atoms with Crippen LogP contribution in [0.5, 0.6) is 0 Å². The normalized spacial score (nSPS) is 28.3. The fourth-order valence-corrected chi connectivity index (χ4v) is 5.42. The minimum absolute atomic E-state index is 0.131. The van der Waals surface area contributed by atoms with Gasteiger partial charge in [0.15, 0.2) is 0 Å². The van der Waals surface area contributed by atoms with Crippen LogP contribution in [-0.4, -0.2) is 10.9 Å². The van der Waals surface area contributed by atoms with Gasteiger partial charge in [0.2, 0.25) is 0 Å². The Balaban J connectivity index is 1.25. The zero-order valence-corrected chi connectivity index (χ0v) is 16.4. The first-order chi connectivity index (χ1) is 13.4. The third-order valence-corrected chi connectivity index (χ3v) is 7.55. The lowest BCUT2D eigenvalue weighted by atomic mass is 9.52. The van der Waals surface area contributed by atoms with Crippen molar-refractivity contribution in [1.29, 1.82) is 0 Å². The van der Waals surface area contributed by atoms with Gasteiger partial charge < -0.3 is 10.2 Å². The highest BCUT2D eigenvalue weighted by molar-refractivity contribution is 5.89. The van der Waals surface area contributed by atoms with Gasteiger partial charge in [0.05, 0.1) is 0 Å². The molecule has 1 heterocycles. The van der Waals surface area contributed by atoms with Gasteiger partial charge in [-0.2, -0.15) is 0 Å². The second kappa shape index (κ2) is 6.33. The van der Waals surface area contributed by atoms with Crippen LogP contribution in [0.25, 0.3) is 0 Å². The molecule has 0 unspecified atom stereocenters. The Kier molecular flexibility index (Phi) is 4.01. The van der Waals surface area contributed by atoms with Crippen molar-refractivity contribution >= 4 is 11.7 Å². The van der Waals surface area contributed by atoms with Crippen molar-refractivity contribution in [2.75, 3.05) is 5.32 Å². The molecule has 2 aromatic carbocycles. The average molecular weight is 378 g/mol. The maximum Gasteiger partial charge on any atom is 0.322 e. The number of anilines is 1. The van der Waals surface area contributed by atoms with Crippen LogP contribution in [-0.2, 0) is 18.5 Å². The van der Waals surface area contributed by atoms with Gasteiger partial charge in [-0.25, -0.2) is 9.18 Å². The van der Waals surface area contributed by atoms with E-state index in [9.17, 15) is 9.18 Å². The number of urea groups is 1.